The zero-order valence-corrected chi connectivity index (χ0v) is 11.9. The lowest BCUT2D eigenvalue weighted by molar-refractivity contribution is -0.117. The summed E-state index contributed by atoms with van der Waals surface area (Å²) in [5, 5.41) is 7.10. The monoisotopic (exact) mass is 291 g/mol. The maximum absolute atomic E-state index is 11.4. The number of fused-ring (bicyclic) bond motifs is 1. The zero-order chi connectivity index (χ0) is 13.1. The number of amides is 1. The van der Waals surface area contributed by atoms with Gasteiger partial charge in [0.2, 0.25) is 5.91 Å². The van der Waals surface area contributed by atoms with E-state index in [1.807, 2.05) is 23.2 Å². The van der Waals surface area contributed by atoms with Gasteiger partial charge >= 0.3 is 0 Å². The molecule has 0 saturated carbocycles. The topological polar surface area (TPSA) is 45.0 Å². The second-order valence-corrected chi connectivity index (χ2v) is 6.44. The first kappa shape index (κ1) is 12.7. The number of nitrogens with zero attached hydrogens (tertiary/aromatic N) is 3. The quantitative estimate of drug-likeness (QED) is 0.840. The lowest BCUT2D eigenvalue weighted by atomic mass is 10.2. The van der Waals surface area contributed by atoms with Crippen LogP contribution >= 0.6 is 23.5 Å². The Labute approximate surface area is 120 Å². The Kier molecular flexibility index (Phi) is 3.89. The molecule has 0 atom stereocenters. The Balaban J connectivity index is 1.63. The van der Waals surface area contributed by atoms with Crippen molar-refractivity contribution in [1.29, 1.82) is 0 Å². The summed E-state index contributed by atoms with van der Waals surface area (Å²) in [4.78, 5) is 15.5. The summed E-state index contributed by atoms with van der Waals surface area (Å²) in [5.41, 5.74) is 1.27. The molecule has 0 aromatic heterocycles. The fourth-order valence-electron chi connectivity index (χ4n) is 1.84. The molecule has 98 valence electrons. The number of rotatable bonds is 2. The first-order chi connectivity index (χ1) is 9.31. The van der Waals surface area contributed by atoms with Gasteiger partial charge in [-0.05, 0) is 23.7 Å². The zero-order valence-electron chi connectivity index (χ0n) is 10.3. The van der Waals surface area contributed by atoms with Crippen molar-refractivity contribution in [2.75, 3.05) is 6.54 Å². The molecular weight excluding hydrogens is 278 g/mol. The summed E-state index contributed by atoms with van der Waals surface area (Å²) in [6.07, 6.45) is 1.36. The highest BCUT2D eigenvalue weighted by Gasteiger charge is 2.26. The van der Waals surface area contributed by atoms with Crippen molar-refractivity contribution in [3.63, 3.8) is 0 Å². The molecule has 1 aromatic carbocycles. The van der Waals surface area contributed by atoms with Crippen LogP contribution in [0.4, 0.5) is 0 Å². The van der Waals surface area contributed by atoms with E-state index in [1.165, 1.54) is 17.3 Å². The number of thioether (sulfide) groups is 2. The molecule has 0 N–H and O–H groups in total. The molecule has 0 spiro atoms. The third kappa shape index (κ3) is 3.19. The van der Waals surface area contributed by atoms with E-state index in [1.54, 1.807) is 11.8 Å². The van der Waals surface area contributed by atoms with Gasteiger partial charge in [0, 0.05) is 18.7 Å². The summed E-state index contributed by atoms with van der Waals surface area (Å²) < 4.78 is 0.970. The minimum absolute atomic E-state index is 0.0329. The molecule has 19 heavy (non-hydrogen) atoms. The summed E-state index contributed by atoms with van der Waals surface area (Å²) in [5.74, 6) is 0.858. The van der Waals surface area contributed by atoms with Crippen molar-refractivity contribution in [2.45, 2.75) is 18.6 Å². The molecule has 2 aliphatic rings. The van der Waals surface area contributed by atoms with E-state index >= 15 is 0 Å². The molecular formula is C13H13N3OS2. The van der Waals surface area contributed by atoms with Gasteiger partial charge in [-0.1, -0.05) is 42.1 Å². The Bertz CT molecular complexity index is 542. The van der Waals surface area contributed by atoms with Crippen molar-refractivity contribution >= 4 is 39.0 Å². The maximum atomic E-state index is 11.4. The van der Waals surface area contributed by atoms with Crippen LogP contribution in [0.1, 0.15) is 18.4 Å². The van der Waals surface area contributed by atoms with Gasteiger partial charge < -0.3 is 0 Å². The number of aliphatic imine (C=N–C) groups is 1. The van der Waals surface area contributed by atoms with Gasteiger partial charge in [0.15, 0.2) is 9.54 Å². The van der Waals surface area contributed by atoms with Crippen molar-refractivity contribution < 1.29 is 4.79 Å². The van der Waals surface area contributed by atoms with Gasteiger partial charge in [0.05, 0.1) is 0 Å². The number of benzene rings is 1. The standard InChI is InChI=1S/C13H13N3OS2/c17-11-7-4-8-16-12(14-11)19-13(15-16)18-9-10-5-2-1-3-6-10/h1-3,5-6H,4,7-9H2. The third-order valence-electron chi connectivity index (χ3n) is 2.79. The Morgan fingerprint density at radius 3 is 3.00 bits per heavy atom. The Hall–Kier alpha value is -1.27. The molecule has 0 bridgehead atoms. The summed E-state index contributed by atoms with van der Waals surface area (Å²) in [6, 6.07) is 10.3. The number of amidine groups is 1. The molecule has 3 rings (SSSR count). The van der Waals surface area contributed by atoms with E-state index in [4.69, 9.17) is 0 Å². The summed E-state index contributed by atoms with van der Waals surface area (Å²) in [7, 11) is 0. The van der Waals surface area contributed by atoms with Crippen LogP contribution in [0.3, 0.4) is 0 Å². The van der Waals surface area contributed by atoms with Gasteiger partial charge in [-0.15, -0.1) is 0 Å². The van der Waals surface area contributed by atoms with Crippen molar-refractivity contribution in [2.24, 2.45) is 10.1 Å². The van der Waals surface area contributed by atoms with E-state index in [2.05, 4.69) is 22.2 Å². The second kappa shape index (κ2) is 5.79. The first-order valence-corrected chi connectivity index (χ1v) is 7.94. The van der Waals surface area contributed by atoms with E-state index in [-0.39, 0.29) is 5.91 Å². The number of hydrogen-bond donors (Lipinski definition) is 0. The van der Waals surface area contributed by atoms with Crippen LogP contribution in [0.2, 0.25) is 0 Å². The van der Waals surface area contributed by atoms with E-state index < -0.39 is 0 Å². The van der Waals surface area contributed by atoms with Gasteiger partial charge in [-0.25, -0.2) is 5.01 Å². The van der Waals surface area contributed by atoms with Crippen molar-refractivity contribution in [3.05, 3.63) is 35.9 Å². The normalized spacial score (nSPS) is 18.7. The van der Waals surface area contributed by atoms with Crippen LogP contribution in [0, 0.1) is 0 Å². The van der Waals surface area contributed by atoms with E-state index in [0.717, 1.165) is 28.3 Å². The lowest BCUT2D eigenvalue weighted by Gasteiger charge is -2.08. The minimum atomic E-state index is -0.0329. The second-order valence-electron chi connectivity index (χ2n) is 4.26. The van der Waals surface area contributed by atoms with Gasteiger partial charge in [0.1, 0.15) is 0 Å². The van der Waals surface area contributed by atoms with Gasteiger partial charge in [-0.3, -0.25) is 4.79 Å². The average Bonchev–Trinajstić information content (AvgIpc) is 2.71. The number of carbonyl (C=O) groups is 1. The molecule has 4 nitrogen and oxygen atoms in total. The predicted octanol–water partition coefficient (Wildman–Crippen LogP) is 2.92. The largest absolute Gasteiger partial charge is 0.273 e. The van der Waals surface area contributed by atoms with Crippen LogP contribution in [-0.4, -0.2) is 27.0 Å². The predicted molar refractivity (Wildman–Crippen MR) is 81.1 cm³/mol. The minimum Gasteiger partial charge on any atom is -0.273 e. The average molecular weight is 291 g/mol. The molecule has 0 fully saturated rings. The summed E-state index contributed by atoms with van der Waals surface area (Å²) in [6.45, 7) is 0.785. The molecule has 2 aliphatic heterocycles. The molecule has 0 saturated heterocycles. The van der Waals surface area contributed by atoms with Gasteiger partial charge in [-0.2, -0.15) is 10.1 Å². The Morgan fingerprint density at radius 2 is 2.16 bits per heavy atom. The highest BCUT2D eigenvalue weighted by molar-refractivity contribution is 8.45. The van der Waals surface area contributed by atoms with Crippen LogP contribution < -0.4 is 0 Å². The highest BCUT2D eigenvalue weighted by atomic mass is 32.2. The molecule has 0 aliphatic carbocycles. The van der Waals surface area contributed by atoms with Crippen LogP contribution in [0.15, 0.2) is 40.4 Å². The van der Waals surface area contributed by atoms with E-state index in [9.17, 15) is 4.79 Å². The SMILES string of the molecule is O=C1CCCN2N=C(SCc3ccccc3)SC2=N1. The lowest BCUT2D eigenvalue weighted by Crippen LogP contribution is -2.18. The molecule has 0 unspecified atom stereocenters. The van der Waals surface area contributed by atoms with E-state index in [0.29, 0.717) is 6.42 Å². The van der Waals surface area contributed by atoms with Crippen LogP contribution in [0.25, 0.3) is 0 Å². The first-order valence-electron chi connectivity index (χ1n) is 6.13. The van der Waals surface area contributed by atoms with Gasteiger partial charge in [0.25, 0.3) is 0 Å². The summed E-state index contributed by atoms with van der Waals surface area (Å²) >= 11 is 3.19. The fraction of sp³-hybridized carbons (Fsp3) is 0.308. The smallest absolute Gasteiger partial charge is 0.248 e. The van der Waals surface area contributed by atoms with Crippen LogP contribution in [-0.2, 0) is 10.5 Å². The molecule has 1 aromatic rings. The van der Waals surface area contributed by atoms with Crippen molar-refractivity contribution in [3.8, 4) is 0 Å². The number of hydrogen-bond acceptors (Lipinski definition) is 5. The highest BCUT2D eigenvalue weighted by Crippen LogP contribution is 2.31. The molecule has 1 amide bonds. The van der Waals surface area contributed by atoms with Crippen molar-refractivity contribution in [1.82, 2.24) is 5.01 Å². The number of carbonyl (C=O) groups excluding carboxylic acids is 1. The Morgan fingerprint density at radius 1 is 1.32 bits per heavy atom. The molecule has 2 heterocycles. The fourth-order valence-corrected chi connectivity index (χ4v) is 3.79. The molecule has 0 radical (unpaired) electrons. The molecule has 6 heteroatoms. The third-order valence-corrected chi connectivity index (χ3v) is 4.94. The maximum Gasteiger partial charge on any atom is 0.248 e. The number of hydrazone groups is 1. The van der Waals surface area contributed by atoms with Crippen LogP contribution in [0.5, 0.6) is 0 Å².